The quantitative estimate of drug-likeness (QED) is 0.638. The number of benzene rings is 1. The number of rotatable bonds is 4. The zero-order valence-corrected chi connectivity index (χ0v) is 17.9. The van der Waals surface area contributed by atoms with Crippen LogP contribution in [0.15, 0.2) is 42.7 Å². The fourth-order valence-corrected chi connectivity index (χ4v) is 5.82. The lowest BCUT2D eigenvalue weighted by molar-refractivity contribution is 0.148. The maximum absolute atomic E-state index is 10.5. The molecule has 156 valence electrons. The summed E-state index contributed by atoms with van der Waals surface area (Å²) in [5.41, 5.74) is 4.11. The monoisotopic (exact) mass is 403 g/mol. The minimum Gasteiger partial charge on any atom is -0.507 e. The van der Waals surface area contributed by atoms with Crippen molar-refractivity contribution >= 4 is 5.82 Å². The van der Waals surface area contributed by atoms with E-state index in [1.54, 1.807) is 18.5 Å². The molecule has 2 N–H and O–H groups in total. The second kappa shape index (κ2) is 6.83. The van der Waals surface area contributed by atoms with Crippen molar-refractivity contribution in [1.29, 1.82) is 0 Å². The minimum absolute atomic E-state index is 0.189. The van der Waals surface area contributed by atoms with Crippen molar-refractivity contribution in [3.05, 3.63) is 42.7 Å². The first-order valence-corrected chi connectivity index (χ1v) is 10.7. The Balaban J connectivity index is 1.36. The average molecular weight is 404 g/mol. The maximum atomic E-state index is 10.5. The summed E-state index contributed by atoms with van der Waals surface area (Å²) in [6.45, 7) is 4.89. The van der Waals surface area contributed by atoms with Crippen LogP contribution in [0.25, 0.3) is 22.4 Å². The summed E-state index contributed by atoms with van der Waals surface area (Å²) in [5, 5.41) is 26.2. The van der Waals surface area contributed by atoms with E-state index in [-0.39, 0.29) is 5.75 Å². The molecule has 0 aliphatic heterocycles. The van der Waals surface area contributed by atoms with Crippen LogP contribution in [0.4, 0.5) is 5.82 Å². The second-order valence-corrected chi connectivity index (χ2v) is 9.97. The van der Waals surface area contributed by atoms with Crippen LogP contribution >= 0.6 is 0 Å². The van der Waals surface area contributed by atoms with Crippen LogP contribution < -0.4 is 4.90 Å². The standard InChI is InChI=1S/C24H29N5O/c1-23-8-9-24(2,15-23)12-18(11-23)29(3)22-7-6-20(27-28-22)19-5-4-16(10-21(19)30)17-13-25-26-14-17/h4-7,10,13-14,18,30H,8-9,11-12,15H2,1-3H3,(H,25,26)/t18-,23-,24+. The third kappa shape index (κ3) is 3.34. The minimum atomic E-state index is 0.189. The van der Waals surface area contributed by atoms with Gasteiger partial charge in [0.05, 0.1) is 11.9 Å². The van der Waals surface area contributed by atoms with Gasteiger partial charge in [0.2, 0.25) is 0 Å². The van der Waals surface area contributed by atoms with Gasteiger partial charge in [-0.05, 0) is 72.8 Å². The Morgan fingerprint density at radius 2 is 1.80 bits per heavy atom. The number of phenolic OH excluding ortho intramolecular Hbond substituents is 1. The molecule has 5 rings (SSSR count). The first-order chi connectivity index (χ1) is 14.3. The third-order valence-electron chi connectivity index (χ3n) is 7.31. The van der Waals surface area contributed by atoms with Gasteiger partial charge in [-0.3, -0.25) is 5.10 Å². The molecular formula is C24H29N5O. The fourth-order valence-electron chi connectivity index (χ4n) is 5.82. The van der Waals surface area contributed by atoms with E-state index in [2.05, 4.69) is 46.2 Å². The van der Waals surface area contributed by atoms with Gasteiger partial charge in [0.25, 0.3) is 0 Å². The SMILES string of the molecule is CN(c1ccc(-c2ccc(-c3cn[nH]c3)cc2O)nn1)[C@H]1C[C@]2(C)CC[C@](C)(C1)C2. The van der Waals surface area contributed by atoms with E-state index in [9.17, 15) is 5.11 Å². The van der Waals surface area contributed by atoms with Gasteiger partial charge >= 0.3 is 0 Å². The van der Waals surface area contributed by atoms with Crippen molar-refractivity contribution in [3.63, 3.8) is 0 Å². The van der Waals surface area contributed by atoms with Gasteiger partial charge in [-0.1, -0.05) is 19.9 Å². The van der Waals surface area contributed by atoms with Gasteiger partial charge in [0.1, 0.15) is 5.75 Å². The molecule has 2 heterocycles. The highest BCUT2D eigenvalue weighted by Gasteiger charge is 2.49. The number of anilines is 1. The zero-order chi connectivity index (χ0) is 20.9. The first-order valence-electron chi connectivity index (χ1n) is 10.7. The topological polar surface area (TPSA) is 77.9 Å². The number of nitrogens with zero attached hydrogens (tertiary/aromatic N) is 4. The molecular weight excluding hydrogens is 374 g/mol. The molecule has 0 amide bonds. The number of H-pyrrole nitrogens is 1. The van der Waals surface area contributed by atoms with Crippen LogP contribution in [0.5, 0.6) is 5.75 Å². The lowest BCUT2D eigenvalue weighted by Crippen LogP contribution is -2.42. The largest absolute Gasteiger partial charge is 0.507 e. The number of aromatic amines is 1. The van der Waals surface area contributed by atoms with Gasteiger partial charge < -0.3 is 10.0 Å². The molecule has 2 fully saturated rings. The highest BCUT2D eigenvalue weighted by molar-refractivity contribution is 5.73. The van der Waals surface area contributed by atoms with E-state index in [4.69, 9.17) is 0 Å². The molecule has 0 unspecified atom stereocenters. The average Bonchev–Trinajstić information content (AvgIpc) is 3.33. The van der Waals surface area contributed by atoms with E-state index in [1.807, 2.05) is 24.3 Å². The molecule has 3 atom stereocenters. The van der Waals surface area contributed by atoms with Crippen molar-refractivity contribution in [1.82, 2.24) is 20.4 Å². The molecule has 30 heavy (non-hydrogen) atoms. The Labute approximate surface area is 177 Å². The number of aromatic hydroxyl groups is 1. The summed E-state index contributed by atoms with van der Waals surface area (Å²) in [4.78, 5) is 2.31. The number of hydrogen-bond donors (Lipinski definition) is 2. The van der Waals surface area contributed by atoms with Gasteiger partial charge in [0.15, 0.2) is 5.82 Å². The normalized spacial score (nSPS) is 27.9. The summed E-state index contributed by atoms with van der Waals surface area (Å²) in [7, 11) is 2.14. The Bertz CT molecular complexity index is 1030. The maximum Gasteiger partial charge on any atom is 0.151 e. The molecule has 1 aromatic carbocycles. The Morgan fingerprint density at radius 1 is 1.03 bits per heavy atom. The van der Waals surface area contributed by atoms with Crippen LogP contribution in [-0.2, 0) is 0 Å². The van der Waals surface area contributed by atoms with Crippen LogP contribution in [0.3, 0.4) is 0 Å². The number of hydrogen-bond acceptors (Lipinski definition) is 5. The van der Waals surface area contributed by atoms with E-state index in [0.717, 1.165) is 16.9 Å². The van der Waals surface area contributed by atoms with Crippen molar-refractivity contribution < 1.29 is 5.11 Å². The summed E-state index contributed by atoms with van der Waals surface area (Å²) >= 11 is 0. The van der Waals surface area contributed by atoms with Gasteiger partial charge in [-0.15, -0.1) is 10.2 Å². The van der Waals surface area contributed by atoms with Gasteiger partial charge in [0, 0.05) is 30.4 Å². The number of nitrogens with one attached hydrogen (secondary N) is 1. The summed E-state index contributed by atoms with van der Waals surface area (Å²) in [6, 6.07) is 10.0. The first kappa shape index (κ1) is 19.1. The molecule has 2 aliphatic carbocycles. The number of phenols is 1. The smallest absolute Gasteiger partial charge is 0.151 e. The summed E-state index contributed by atoms with van der Waals surface area (Å²) < 4.78 is 0. The predicted octanol–water partition coefficient (Wildman–Crippen LogP) is 5.03. The predicted molar refractivity (Wildman–Crippen MR) is 118 cm³/mol. The highest BCUT2D eigenvalue weighted by Crippen LogP contribution is 2.58. The molecule has 2 bridgehead atoms. The highest BCUT2D eigenvalue weighted by atomic mass is 16.3. The molecule has 2 saturated carbocycles. The summed E-state index contributed by atoms with van der Waals surface area (Å²) in [6.07, 6.45) is 10.0. The second-order valence-electron chi connectivity index (χ2n) is 9.97. The molecule has 3 aromatic rings. The zero-order valence-electron chi connectivity index (χ0n) is 17.9. The lowest BCUT2D eigenvalue weighted by Gasteiger charge is -2.44. The van der Waals surface area contributed by atoms with E-state index >= 15 is 0 Å². The van der Waals surface area contributed by atoms with E-state index in [0.29, 0.717) is 28.1 Å². The van der Waals surface area contributed by atoms with Crippen molar-refractivity contribution in [2.24, 2.45) is 10.8 Å². The molecule has 2 aliphatic rings. The Kier molecular flexibility index (Phi) is 4.34. The molecule has 2 aromatic heterocycles. The van der Waals surface area contributed by atoms with E-state index < -0.39 is 0 Å². The van der Waals surface area contributed by atoms with Crippen molar-refractivity contribution in [2.45, 2.75) is 52.0 Å². The Hall–Kier alpha value is -2.89. The van der Waals surface area contributed by atoms with Crippen molar-refractivity contribution in [3.8, 4) is 28.1 Å². The molecule has 6 heteroatoms. The van der Waals surface area contributed by atoms with E-state index in [1.165, 1.54) is 32.1 Å². The lowest BCUT2D eigenvalue weighted by atomic mass is 9.68. The fraction of sp³-hybridized carbons (Fsp3) is 0.458. The molecule has 6 nitrogen and oxygen atoms in total. The van der Waals surface area contributed by atoms with Crippen LogP contribution in [0, 0.1) is 10.8 Å². The molecule has 0 saturated heterocycles. The van der Waals surface area contributed by atoms with Crippen molar-refractivity contribution in [2.75, 3.05) is 11.9 Å². The summed E-state index contributed by atoms with van der Waals surface area (Å²) in [5.74, 6) is 1.08. The molecule has 0 spiro atoms. The number of aromatic nitrogens is 4. The Morgan fingerprint density at radius 3 is 2.40 bits per heavy atom. The molecule has 0 radical (unpaired) electrons. The van der Waals surface area contributed by atoms with Gasteiger partial charge in [-0.25, -0.2) is 0 Å². The van der Waals surface area contributed by atoms with Crippen LogP contribution in [0.2, 0.25) is 0 Å². The number of fused-ring (bicyclic) bond motifs is 2. The van der Waals surface area contributed by atoms with Crippen LogP contribution in [-0.4, -0.2) is 38.6 Å². The van der Waals surface area contributed by atoms with Gasteiger partial charge in [-0.2, -0.15) is 5.10 Å². The van der Waals surface area contributed by atoms with Crippen LogP contribution in [0.1, 0.15) is 46.0 Å². The third-order valence-corrected chi connectivity index (χ3v) is 7.31.